The molecule has 1 aliphatic rings. The Morgan fingerprint density at radius 2 is 2.05 bits per heavy atom. The van der Waals surface area contributed by atoms with Crippen LogP contribution in [0.2, 0.25) is 0 Å². The summed E-state index contributed by atoms with van der Waals surface area (Å²) in [5, 5.41) is 11.1. The van der Waals surface area contributed by atoms with E-state index in [0.717, 1.165) is 28.6 Å². The van der Waals surface area contributed by atoms with Crippen LogP contribution in [0.25, 0.3) is 11.0 Å². The first-order chi connectivity index (χ1) is 10.7. The Bertz CT molecular complexity index is 890. The summed E-state index contributed by atoms with van der Waals surface area (Å²) in [6.07, 6.45) is 1.69. The molecule has 0 saturated carbocycles. The number of hydrogen-bond donors (Lipinski definition) is 0. The summed E-state index contributed by atoms with van der Waals surface area (Å²) >= 11 is 0. The van der Waals surface area contributed by atoms with Crippen LogP contribution in [0.5, 0.6) is 0 Å². The quantitative estimate of drug-likeness (QED) is 0.685. The zero-order valence-electron chi connectivity index (χ0n) is 12.4. The first-order valence-electron chi connectivity index (χ1n) is 7.39. The summed E-state index contributed by atoms with van der Waals surface area (Å²) in [6.45, 7) is 1.58. The Morgan fingerprint density at radius 1 is 1.18 bits per heavy atom. The highest BCUT2D eigenvalue weighted by Crippen LogP contribution is 2.39. The van der Waals surface area contributed by atoms with Crippen molar-refractivity contribution in [3.8, 4) is 6.07 Å². The fourth-order valence-corrected chi connectivity index (χ4v) is 3.55. The van der Waals surface area contributed by atoms with E-state index in [2.05, 4.69) is 36.2 Å². The predicted octanol–water partition coefficient (Wildman–Crippen LogP) is 3.69. The van der Waals surface area contributed by atoms with Crippen molar-refractivity contribution in [3.63, 3.8) is 0 Å². The fourth-order valence-electron chi connectivity index (χ4n) is 3.55. The number of nitrogens with zero attached hydrogens (tertiary/aromatic N) is 2. The van der Waals surface area contributed by atoms with Crippen LogP contribution in [0, 0.1) is 11.3 Å². The monoisotopic (exact) mass is 288 g/mol. The highest BCUT2D eigenvalue weighted by atomic mass is 16.3. The second kappa shape index (κ2) is 4.72. The van der Waals surface area contributed by atoms with E-state index in [0.29, 0.717) is 6.54 Å². The lowest BCUT2D eigenvalue weighted by Gasteiger charge is -2.38. The van der Waals surface area contributed by atoms with Gasteiger partial charge in [-0.3, -0.25) is 4.90 Å². The second-order valence-corrected chi connectivity index (χ2v) is 6.02. The molecule has 0 amide bonds. The van der Waals surface area contributed by atoms with Crippen molar-refractivity contribution < 1.29 is 4.42 Å². The van der Waals surface area contributed by atoms with E-state index in [1.165, 1.54) is 5.56 Å². The largest absolute Gasteiger partial charge is 0.464 e. The maximum Gasteiger partial charge on any atom is 0.133 e. The van der Waals surface area contributed by atoms with Crippen molar-refractivity contribution >= 4 is 11.0 Å². The molecule has 3 heteroatoms. The molecule has 1 aromatic heterocycles. The van der Waals surface area contributed by atoms with Gasteiger partial charge in [0.2, 0.25) is 0 Å². The minimum absolute atomic E-state index is 0.630. The van der Waals surface area contributed by atoms with Gasteiger partial charge in [-0.05, 0) is 41.9 Å². The third kappa shape index (κ3) is 1.78. The predicted molar refractivity (Wildman–Crippen MR) is 85.4 cm³/mol. The Kier molecular flexibility index (Phi) is 2.82. The van der Waals surface area contributed by atoms with Crippen molar-refractivity contribution in [1.29, 1.82) is 5.26 Å². The lowest BCUT2D eigenvalue weighted by atomic mass is 9.71. The van der Waals surface area contributed by atoms with Gasteiger partial charge in [0.1, 0.15) is 11.0 Å². The summed E-state index contributed by atoms with van der Waals surface area (Å²) in [6, 6.07) is 18.9. The van der Waals surface area contributed by atoms with Gasteiger partial charge in [0.15, 0.2) is 0 Å². The molecule has 1 aliphatic heterocycles. The minimum atomic E-state index is -0.630. The lowest BCUT2D eigenvalue weighted by molar-refractivity contribution is 0.267. The molecule has 3 nitrogen and oxygen atoms in total. The molecule has 0 fully saturated rings. The molecule has 0 bridgehead atoms. The topological polar surface area (TPSA) is 40.2 Å². The van der Waals surface area contributed by atoms with E-state index in [1.54, 1.807) is 6.26 Å². The van der Waals surface area contributed by atoms with Crippen LogP contribution in [0.4, 0.5) is 0 Å². The number of likely N-dealkylation sites (N-methyl/N-ethyl adjacent to an activating group) is 1. The van der Waals surface area contributed by atoms with Crippen molar-refractivity contribution in [3.05, 3.63) is 71.5 Å². The van der Waals surface area contributed by atoms with E-state index < -0.39 is 5.41 Å². The van der Waals surface area contributed by atoms with Gasteiger partial charge in [0.25, 0.3) is 0 Å². The number of nitriles is 1. The second-order valence-electron chi connectivity index (χ2n) is 6.02. The van der Waals surface area contributed by atoms with Crippen LogP contribution < -0.4 is 0 Å². The molecule has 0 N–H and O–H groups in total. The van der Waals surface area contributed by atoms with Gasteiger partial charge in [-0.25, -0.2) is 0 Å². The van der Waals surface area contributed by atoms with Crippen LogP contribution in [-0.4, -0.2) is 18.5 Å². The number of hydrogen-bond acceptors (Lipinski definition) is 3. The average molecular weight is 288 g/mol. The lowest BCUT2D eigenvalue weighted by Crippen LogP contribution is -2.43. The van der Waals surface area contributed by atoms with Crippen molar-refractivity contribution in [1.82, 2.24) is 4.90 Å². The Balaban J connectivity index is 1.98. The van der Waals surface area contributed by atoms with Crippen molar-refractivity contribution in [2.75, 3.05) is 13.6 Å². The Hall–Kier alpha value is -2.57. The van der Waals surface area contributed by atoms with Crippen molar-refractivity contribution in [2.45, 2.75) is 12.0 Å². The molecule has 3 aromatic rings. The fraction of sp³-hybridized carbons (Fsp3) is 0.211. The minimum Gasteiger partial charge on any atom is -0.464 e. The number of rotatable bonds is 1. The van der Waals surface area contributed by atoms with Crippen LogP contribution in [0.15, 0.2) is 59.2 Å². The molecule has 2 heterocycles. The normalized spacial score (nSPS) is 21.5. The van der Waals surface area contributed by atoms with E-state index in [-0.39, 0.29) is 0 Å². The average Bonchev–Trinajstić information content (AvgIpc) is 3.01. The third-order valence-corrected chi connectivity index (χ3v) is 4.56. The van der Waals surface area contributed by atoms with E-state index in [1.807, 2.05) is 30.3 Å². The number of fused-ring (bicyclic) bond motifs is 2. The summed E-state index contributed by atoms with van der Waals surface area (Å²) < 4.78 is 5.42. The molecule has 1 atom stereocenters. The molecule has 0 spiro atoms. The maximum absolute atomic E-state index is 10.1. The van der Waals surface area contributed by atoms with Gasteiger partial charge in [-0.15, -0.1) is 0 Å². The van der Waals surface area contributed by atoms with Crippen molar-refractivity contribution in [2.24, 2.45) is 0 Å². The van der Waals surface area contributed by atoms with Crippen LogP contribution in [-0.2, 0) is 12.0 Å². The summed E-state index contributed by atoms with van der Waals surface area (Å²) in [5.74, 6) is 0. The van der Waals surface area contributed by atoms with Crippen LogP contribution in [0.3, 0.4) is 0 Å². The van der Waals surface area contributed by atoms with Gasteiger partial charge in [0, 0.05) is 18.5 Å². The highest BCUT2D eigenvalue weighted by molar-refractivity contribution is 5.78. The van der Waals surface area contributed by atoms with Gasteiger partial charge in [0.05, 0.1) is 12.3 Å². The molecule has 22 heavy (non-hydrogen) atoms. The molecular formula is C19H16N2O. The van der Waals surface area contributed by atoms with E-state index in [9.17, 15) is 5.26 Å². The first kappa shape index (κ1) is 13.1. The molecular weight excluding hydrogens is 272 g/mol. The zero-order chi connectivity index (χ0) is 15.2. The Morgan fingerprint density at radius 3 is 2.91 bits per heavy atom. The highest BCUT2D eigenvalue weighted by Gasteiger charge is 2.40. The molecule has 0 aliphatic carbocycles. The van der Waals surface area contributed by atoms with E-state index in [4.69, 9.17) is 4.42 Å². The molecule has 2 aromatic carbocycles. The standard InChI is InChI=1S/C19H16N2O/c1-21-11-15-4-2-3-5-17(15)19(12-20,13-21)16-6-7-18-14(10-16)8-9-22-18/h2-10H,11,13H2,1H3. The van der Waals surface area contributed by atoms with Gasteiger partial charge < -0.3 is 4.42 Å². The maximum atomic E-state index is 10.1. The van der Waals surface area contributed by atoms with Crippen LogP contribution >= 0.6 is 0 Å². The van der Waals surface area contributed by atoms with Gasteiger partial charge >= 0.3 is 0 Å². The molecule has 0 radical (unpaired) electrons. The smallest absolute Gasteiger partial charge is 0.133 e. The van der Waals surface area contributed by atoms with Gasteiger partial charge in [-0.1, -0.05) is 30.3 Å². The summed E-state index contributed by atoms with van der Waals surface area (Å²) in [4.78, 5) is 2.21. The van der Waals surface area contributed by atoms with Gasteiger partial charge in [-0.2, -0.15) is 5.26 Å². The van der Waals surface area contributed by atoms with E-state index >= 15 is 0 Å². The molecule has 0 saturated heterocycles. The zero-order valence-corrected chi connectivity index (χ0v) is 12.4. The molecule has 1 unspecified atom stereocenters. The number of benzene rings is 2. The SMILES string of the molecule is CN1Cc2ccccc2C(C#N)(c2ccc3occc3c2)C1. The molecule has 4 rings (SSSR count). The number of furan rings is 1. The summed E-state index contributed by atoms with van der Waals surface area (Å²) in [7, 11) is 2.07. The Labute approximate surface area is 129 Å². The first-order valence-corrected chi connectivity index (χ1v) is 7.39. The van der Waals surface area contributed by atoms with Crippen LogP contribution in [0.1, 0.15) is 16.7 Å². The summed E-state index contributed by atoms with van der Waals surface area (Å²) in [5.41, 5.74) is 3.61. The molecule has 108 valence electrons. The third-order valence-electron chi connectivity index (χ3n) is 4.56.